The van der Waals surface area contributed by atoms with E-state index in [4.69, 9.17) is 4.84 Å². The largest absolute Gasteiger partial charge is 0.365 e. The molecular formula is C25H27BrN2O3. The molecule has 1 N–H and O–H groups in total. The number of rotatable bonds is 4. The molecule has 4 rings (SSSR count). The Balaban J connectivity index is 1.58. The van der Waals surface area contributed by atoms with Crippen LogP contribution < -0.4 is 5.32 Å². The maximum Gasteiger partial charge on any atom is 0.365 e. The Morgan fingerprint density at radius 2 is 1.77 bits per heavy atom. The summed E-state index contributed by atoms with van der Waals surface area (Å²) in [5.41, 5.74) is 1.90. The summed E-state index contributed by atoms with van der Waals surface area (Å²) in [5.74, 6) is -0.487. The zero-order valence-electron chi connectivity index (χ0n) is 18.3. The molecule has 2 bridgehead atoms. The molecule has 2 fully saturated rings. The molecule has 162 valence electrons. The van der Waals surface area contributed by atoms with Crippen molar-refractivity contribution in [1.29, 1.82) is 0 Å². The molecule has 0 aliphatic heterocycles. The van der Waals surface area contributed by atoms with Crippen molar-refractivity contribution in [2.45, 2.75) is 47.0 Å². The molecule has 2 aromatic rings. The van der Waals surface area contributed by atoms with Crippen LogP contribution in [0, 0.1) is 23.2 Å². The van der Waals surface area contributed by atoms with Crippen molar-refractivity contribution in [1.82, 2.24) is 0 Å². The van der Waals surface area contributed by atoms with Crippen LogP contribution in [-0.2, 0) is 9.63 Å². The van der Waals surface area contributed by atoms with Gasteiger partial charge in [0.1, 0.15) is 0 Å². The molecular weight excluding hydrogens is 456 g/mol. The lowest BCUT2D eigenvalue weighted by atomic mass is 9.64. The first-order valence-electron chi connectivity index (χ1n) is 10.5. The van der Waals surface area contributed by atoms with Gasteiger partial charge >= 0.3 is 5.97 Å². The smallest absolute Gasteiger partial charge is 0.326 e. The average Bonchev–Trinajstić information content (AvgIpc) is 3.03. The summed E-state index contributed by atoms with van der Waals surface area (Å²) in [4.78, 5) is 31.3. The lowest BCUT2D eigenvalue weighted by molar-refractivity contribution is -0.130. The number of aryl methyl sites for hydroxylation is 1. The summed E-state index contributed by atoms with van der Waals surface area (Å²) in [5, 5.41) is 7.42. The van der Waals surface area contributed by atoms with Gasteiger partial charge in [-0.1, -0.05) is 54.0 Å². The lowest BCUT2D eigenvalue weighted by Gasteiger charge is -2.39. The first kappa shape index (κ1) is 21.8. The highest BCUT2D eigenvalue weighted by Gasteiger charge is 2.71. The van der Waals surface area contributed by atoms with E-state index in [0.717, 1.165) is 34.3 Å². The van der Waals surface area contributed by atoms with Gasteiger partial charge in [0.15, 0.2) is 0 Å². The fourth-order valence-electron chi connectivity index (χ4n) is 5.23. The van der Waals surface area contributed by atoms with Crippen molar-refractivity contribution in [2.24, 2.45) is 21.4 Å². The van der Waals surface area contributed by atoms with E-state index in [1.807, 2.05) is 31.2 Å². The molecule has 5 nitrogen and oxygen atoms in total. The Labute approximate surface area is 191 Å². The molecule has 0 saturated heterocycles. The van der Waals surface area contributed by atoms with E-state index in [1.165, 1.54) is 0 Å². The summed E-state index contributed by atoms with van der Waals surface area (Å²) in [7, 11) is 0. The third-order valence-electron chi connectivity index (χ3n) is 7.76. The Kier molecular flexibility index (Phi) is 5.32. The molecule has 0 heterocycles. The third-order valence-corrected chi connectivity index (χ3v) is 8.29. The summed E-state index contributed by atoms with van der Waals surface area (Å²) < 4.78 is 0.888. The molecule has 0 aromatic heterocycles. The van der Waals surface area contributed by atoms with Gasteiger partial charge < -0.3 is 10.2 Å². The van der Waals surface area contributed by atoms with Crippen LogP contribution in [0.2, 0.25) is 0 Å². The maximum atomic E-state index is 13.5. The molecule has 31 heavy (non-hydrogen) atoms. The predicted octanol–water partition coefficient (Wildman–Crippen LogP) is 6.13. The van der Waals surface area contributed by atoms with Gasteiger partial charge in [-0.05, 0) is 67.1 Å². The van der Waals surface area contributed by atoms with E-state index in [-0.39, 0.29) is 16.7 Å². The SMILES string of the molecule is Cc1cccc(NC(=O)C23CCC(C)(C(=NOC(=O)c4ccc(Br)cc4)C2)C3(C)C)c1. The van der Waals surface area contributed by atoms with Crippen LogP contribution in [-0.4, -0.2) is 17.6 Å². The molecule has 2 atom stereocenters. The fourth-order valence-corrected chi connectivity index (χ4v) is 5.50. The minimum Gasteiger partial charge on any atom is -0.326 e. The van der Waals surface area contributed by atoms with Gasteiger partial charge in [-0.2, -0.15) is 0 Å². The van der Waals surface area contributed by atoms with Crippen molar-refractivity contribution in [3.63, 3.8) is 0 Å². The number of benzene rings is 2. The summed E-state index contributed by atoms with van der Waals surface area (Å²) in [6, 6.07) is 14.8. The highest BCUT2D eigenvalue weighted by Crippen LogP contribution is 2.71. The van der Waals surface area contributed by atoms with Crippen LogP contribution in [0.1, 0.15) is 56.0 Å². The Morgan fingerprint density at radius 3 is 2.45 bits per heavy atom. The van der Waals surface area contributed by atoms with Gasteiger partial charge in [-0.15, -0.1) is 0 Å². The second kappa shape index (κ2) is 7.59. The van der Waals surface area contributed by atoms with Gasteiger partial charge in [0.25, 0.3) is 0 Å². The number of nitrogens with one attached hydrogen (secondary N) is 1. The lowest BCUT2D eigenvalue weighted by Crippen LogP contribution is -2.43. The van der Waals surface area contributed by atoms with E-state index in [2.05, 4.69) is 47.2 Å². The number of carbonyl (C=O) groups is 2. The van der Waals surface area contributed by atoms with Crippen LogP contribution in [0.15, 0.2) is 58.2 Å². The van der Waals surface area contributed by atoms with Crippen LogP contribution in [0.4, 0.5) is 5.69 Å². The maximum absolute atomic E-state index is 13.5. The van der Waals surface area contributed by atoms with Crippen LogP contribution in [0.3, 0.4) is 0 Å². The number of hydrogen-bond donors (Lipinski definition) is 1. The first-order chi connectivity index (χ1) is 14.6. The van der Waals surface area contributed by atoms with E-state index in [1.54, 1.807) is 24.3 Å². The average molecular weight is 483 g/mol. The van der Waals surface area contributed by atoms with Gasteiger partial charge in [-0.3, -0.25) is 4.79 Å². The number of anilines is 1. The molecule has 2 saturated carbocycles. The van der Waals surface area contributed by atoms with Crippen LogP contribution in [0.5, 0.6) is 0 Å². The minimum absolute atomic E-state index is 0.0104. The minimum atomic E-state index is -0.589. The molecule has 0 spiro atoms. The van der Waals surface area contributed by atoms with Gasteiger partial charge in [0, 0.05) is 22.0 Å². The predicted molar refractivity (Wildman–Crippen MR) is 125 cm³/mol. The number of halogens is 1. The number of nitrogens with zero attached hydrogens (tertiary/aromatic N) is 1. The molecule has 2 aromatic carbocycles. The highest BCUT2D eigenvalue weighted by atomic mass is 79.9. The van der Waals surface area contributed by atoms with E-state index < -0.39 is 11.4 Å². The molecule has 1 amide bonds. The first-order valence-corrected chi connectivity index (χ1v) is 11.3. The fraction of sp³-hybridized carbons (Fsp3) is 0.400. The van der Waals surface area contributed by atoms with Crippen molar-refractivity contribution in [3.8, 4) is 0 Å². The Bertz CT molecular complexity index is 1080. The Morgan fingerprint density at radius 1 is 1.06 bits per heavy atom. The number of carbonyl (C=O) groups excluding carboxylic acids is 2. The van der Waals surface area contributed by atoms with Crippen molar-refractivity contribution in [3.05, 3.63) is 64.1 Å². The van der Waals surface area contributed by atoms with Crippen molar-refractivity contribution in [2.75, 3.05) is 5.32 Å². The second-order valence-electron chi connectivity index (χ2n) is 9.46. The number of oxime groups is 1. The Hall–Kier alpha value is -2.47. The van der Waals surface area contributed by atoms with E-state index in [0.29, 0.717) is 12.0 Å². The summed E-state index contributed by atoms with van der Waals surface area (Å²) in [6.07, 6.45) is 2.10. The quantitative estimate of drug-likeness (QED) is 0.421. The summed E-state index contributed by atoms with van der Waals surface area (Å²) >= 11 is 3.36. The molecule has 6 heteroatoms. The topological polar surface area (TPSA) is 67.8 Å². The monoisotopic (exact) mass is 482 g/mol. The summed E-state index contributed by atoms with van der Waals surface area (Å²) in [6.45, 7) is 8.41. The highest BCUT2D eigenvalue weighted by molar-refractivity contribution is 9.10. The van der Waals surface area contributed by atoms with Gasteiger partial charge in [0.05, 0.1) is 16.7 Å². The zero-order chi connectivity index (χ0) is 22.4. The number of fused-ring (bicyclic) bond motifs is 2. The molecule has 2 unspecified atom stereocenters. The van der Waals surface area contributed by atoms with Crippen molar-refractivity contribution >= 4 is 39.2 Å². The third kappa shape index (κ3) is 3.41. The standard InChI is InChI=1S/C25H27BrN2O3/c1-16-6-5-7-19(14-16)27-22(30)25-13-12-24(4,23(25,2)3)20(15-25)28-31-21(29)17-8-10-18(26)11-9-17/h5-11,14H,12-13,15H2,1-4H3,(H,27,30). The number of hydrogen-bond acceptors (Lipinski definition) is 4. The molecule has 0 radical (unpaired) electrons. The normalized spacial score (nSPS) is 27.3. The van der Waals surface area contributed by atoms with E-state index >= 15 is 0 Å². The second-order valence-corrected chi connectivity index (χ2v) is 10.4. The van der Waals surface area contributed by atoms with Crippen molar-refractivity contribution < 1.29 is 14.4 Å². The zero-order valence-corrected chi connectivity index (χ0v) is 19.9. The van der Waals surface area contributed by atoms with Crippen LogP contribution >= 0.6 is 15.9 Å². The van der Waals surface area contributed by atoms with E-state index in [9.17, 15) is 9.59 Å². The number of amides is 1. The van der Waals surface area contributed by atoms with Gasteiger partial charge in [-0.25, -0.2) is 4.79 Å². The van der Waals surface area contributed by atoms with Crippen LogP contribution in [0.25, 0.3) is 0 Å². The molecule has 2 aliphatic carbocycles. The van der Waals surface area contributed by atoms with Gasteiger partial charge in [0.2, 0.25) is 5.91 Å². The molecule has 2 aliphatic rings.